The minimum absolute atomic E-state index is 0.145. The number of likely N-dealkylation sites (tertiary alicyclic amines) is 1. The lowest BCUT2D eigenvalue weighted by atomic mass is 10.2. The van der Waals surface area contributed by atoms with Crippen molar-refractivity contribution in [1.82, 2.24) is 10.2 Å². The van der Waals surface area contributed by atoms with Gasteiger partial charge in [-0.2, -0.15) is 11.8 Å². The van der Waals surface area contributed by atoms with Crippen molar-refractivity contribution in [1.29, 1.82) is 0 Å². The van der Waals surface area contributed by atoms with E-state index in [1.54, 1.807) is 40.9 Å². The van der Waals surface area contributed by atoms with Crippen LogP contribution in [0.2, 0.25) is 0 Å². The highest BCUT2D eigenvalue weighted by Crippen LogP contribution is 2.21. The molecule has 0 spiro atoms. The van der Waals surface area contributed by atoms with Crippen LogP contribution in [-0.4, -0.2) is 41.6 Å². The first-order valence-corrected chi connectivity index (χ1v) is 9.75. The van der Waals surface area contributed by atoms with Crippen LogP contribution >= 0.6 is 11.8 Å². The van der Waals surface area contributed by atoms with Gasteiger partial charge in [0.2, 0.25) is 5.91 Å². The van der Waals surface area contributed by atoms with Gasteiger partial charge < -0.3 is 14.6 Å². The summed E-state index contributed by atoms with van der Waals surface area (Å²) in [6.07, 6.45) is 2.90. The van der Waals surface area contributed by atoms with Gasteiger partial charge in [0.05, 0.1) is 6.26 Å². The molecule has 1 aromatic carbocycles. The van der Waals surface area contributed by atoms with Gasteiger partial charge >= 0.3 is 0 Å². The normalized spacial score (nSPS) is 16.7. The Morgan fingerprint density at radius 2 is 2.12 bits per heavy atom. The molecular weight excluding hydrogens is 355 g/mol. The van der Waals surface area contributed by atoms with Crippen LogP contribution in [0.3, 0.4) is 0 Å². The van der Waals surface area contributed by atoms with Crippen molar-refractivity contribution in [3.63, 3.8) is 0 Å². The van der Waals surface area contributed by atoms with Crippen LogP contribution in [0, 0.1) is 5.82 Å². The van der Waals surface area contributed by atoms with Gasteiger partial charge in [0, 0.05) is 24.6 Å². The van der Waals surface area contributed by atoms with Gasteiger partial charge in [-0.1, -0.05) is 18.2 Å². The fourth-order valence-electron chi connectivity index (χ4n) is 2.99. The van der Waals surface area contributed by atoms with E-state index >= 15 is 0 Å². The molecule has 1 fully saturated rings. The zero-order valence-electron chi connectivity index (χ0n) is 14.3. The predicted octanol–water partition coefficient (Wildman–Crippen LogP) is 3.07. The topological polar surface area (TPSA) is 62.6 Å². The van der Waals surface area contributed by atoms with Gasteiger partial charge in [0.1, 0.15) is 11.9 Å². The van der Waals surface area contributed by atoms with Crippen LogP contribution in [0.1, 0.15) is 29.0 Å². The number of carbonyl (C=O) groups is 2. The summed E-state index contributed by atoms with van der Waals surface area (Å²) >= 11 is 1.56. The average Bonchev–Trinajstić information content (AvgIpc) is 3.34. The van der Waals surface area contributed by atoms with Gasteiger partial charge in [-0.3, -0.25) is 9.59 Å². The summed E-state index contributed by atoms with van der Waals surface area (Å²) in [5, 5.41) is 2.88. The number of hydrogen-bond donors (Lipinski definition) is 1. The van der Waals surface area contributed by atoms with Crippen LogP contribution in [0.4, 0.5) is 4.39 Å². The van der Waals surface area contributed by atoms with Crippen molar-refractivity contribution >= 4 is 23.6 Å². The molecule has 1 saturated heterocycles. The molecule has 2 aromatic rings. The van der Waals surface area contributed by atoms with Gasteiger partial charge in [0.15, 0.2) is 5.76 Å². The van der Waals surface area contributed by atoms with E-state index in [1.807, 2.05) is 6.07 Å². The number of rotatable bonds is 7. The van der Waals surface area contributed by atoms with Crippen molar-refractivity contribution < 1.29 is 18.4 Å². The first-order chi connectivity index (χ1) is 12.7. The Morgan fingerprint density at radius 3 is 2.88 bits per heavy atom. The molecule has 1 unspecified atom stereocenters. The molecule has 2 amide bonds. The molecule has 3 rings (SSSR count). The number of carbonyl (C=O) groups excluding carboxylic acids is 2. The maximum absolute atomic E-state index is 13.5. The summed E-state index contributed by atoms with van der Waals surface area (Å²) in [6.45, 7) is 1.04. The van der Waals surface area contributed by atoms with E-state index < -0.39 is 6.04 Å². The number of thioether (sulfide) groups is 1. The molecule has 0 aliphatic carbocycles. The number of hydrogen-bond acceptors (Lipinski definition) is 4. The lowest BCUT2D eigenvalue weighted by molar-refractivity contribution is -0.124. The van der Waals surface area contributed by atoms with E-state index in [0.717, 1.165) is 6.42 Å². The van der Waals surface area contributed by atoms with Crippen LogP contribution < -0.4 is 5.32 Å². The summed E-state index contributed by atoms with van der Waals surface area (Å²) in [7, 11) is 0. The molecule has 1 N–H and O–H groups in total. The highest BCUT2D eigenvalue weighted by Gasteiger charge is 2.35. The van der Waals surface area contributed by atoms with Gasteiger partial charge in [-0.15, -0.1) is 0 Å². The minimum atomic E-state index is -0.454. The third kappa shape index (κ3) is 4.46. The van der Waals surface area contributed by atoms with E-state index in [0.29, 0.717) is 36.6 Å². The quantitative estimate of drug-likeness (QED) is 0.755. The molecule has 0 saturated carbocycles. The molecule has 138 valence electrons. The number of benzene rings is 1. The Labute approximate surface area is 155 Å². The minimum Gasteiger partial charge on any atom is -0.459 e. The van der Waals surface area contributed by atoms with Crippen molar-refractivity contribution in [2.75, 3.05) is 18.8 Å². The summed E-state index contributed by atoms with van der Waals surface area (Å²) in [6, 6.07) is 9.50. The van der Waals surface area contributed by atoms with E-state index in [1.165, 1.54) is 12.3 Å². The molecule has 1 atom stereocenters. The molecular formula is C19H21FN2O3S. The first-order valence-electron chi connectivity index (χ1n) is 8.60. The zero-order chi connectivity index (χ0) is 18.4. The second kappa shape index (κ2) is 8.89. The standard InChI is InChI=1S/C19H21FN2O3S/c20-15-6-2-1-5-14(15)13-26-12-9-21-18(23)16-7-3-10-22(16)19(24)17-8-4-11-25-17/h1-2,4-6,8,11,16H,3,7,9-10,12-13H2,(H,21,23). The lowest BCUT2D eigenvalue weighted by Gasteiger charge is -2.23. The summed E-state index contributed by atoms with van der Waals surface area (Å²) in [5.74, 6) is 0.899. The second-order valence-corrected chi connectivity index (χ2v) is 7.17. The maximum atomic E-state index is 13.5. The SMILES string of the molecule is O=C(NCCSCc1ccccc1F)C1CCCN1C(=O)c1ccco1. The monoisotopic (exact) mass is 376 g/mol. The Hall–Kier alpha value is -2.28. The molecule has 1 aliphatic heterocycles. The summed E-state index contributed by atoms with van der Waals surface area (Å²) in [5.41, 5.74) is 0.662. The largest absolute Gasteiger partial charge is 0.459 e. The molecule has 1 aromatic heterocycles. The lowest BCUT2D eigenvalue weighted by Crippen LogP contribution is -2.46. The zero-order valence-corrected chi connectivity index (χ0v) is 15.1. The molecule has 2 heterocycles. The van der Waals surface area contributed by atoms with Crippen molar-refractivity contribution in [3.8, 4) is 0 Å². The van der Waals surface area contributed by atoms with Gasteiger partial charge in [-0.25, -0.2) is 4.39 Å². The Balaban J connectivity index is 1.43. The molecule has 0 bridgehead atoms. The van der Waals surface area contributed by atoms with Crippen LogP contribution in [-0.2, 0) is 10.5 Å². The summed E-state index contributed by atoms with van der Waals surface area (Å²) in [4.78, 5) is 26.4. The highest BCUT2D eigenvalue weighted by atomic mass is 32.2. The fraction of sp³-hybridized carbons (Fsp3) is 0.368. The van der Waals surface area contributed by atoms with Crippen LogP contribution in [0.25, 0.3) is 0 Å². The van der Waals surface area contributed by atoms with Crippen LogP contribution in [0.15, 0.2) is 47.1 Å². The van der Waals surface area contributed by atoms with E-state index in [-0.39, 0.29) is 23.4 Å². The van der Waals surface area contributed by atoms with Crippen molar-refractivity contribution in [3.05, 3.63) is 59.8 Å². The third-order valence-corrected chi connectivity index (χ3v) is 5.32. The number of halogens is 1. The number of furan rings is 1. The first kappa shape index (κ1) is 18.5. The van der Waals surface area contributed by atoms with E-state index in [9.17, 15) is 14.0 Å². The molecule has 0 radical (unpaired) electrons. The summed E-state index contributed by atoms with van der Waals surface area (Å²) < 4.78 is 18.7. The molecule has 7 heteroatoms. The third-order valence-electron chi connectivity index (χ3n) is 4.31. The van der Waals surface area contributed by atoms with Crippen molar-refractivity contribution in [2.24, 2.45) is 0 Å². The number of amides is 2. The predicted molar refractivity (Wildman–Crippen MR) is 98.3 cm³/mol. The Bertz CT molecular complexity index is 751. The van der Waals surface area contributed by atoms with Gasteiger partial charge in [-0.05, 0) is 36.6 Å². The van der Waals surface area contributed by atoms with E-state index in [2.05, 4.69) is 5.32 Å². The molecule has 5 nitrogen and oxygen atoms in total. The maximum Gasteiger partial charge on any atom is 0.290 e. The fourth-order valence-corrected chi connectivity index (χ4v) is 3.83. The van der Waals surface area contributed by atoms with Gasteiger partial charge in [0.25, 0.3) is 5.91 Å². The smallest absolute Gasteiger partial charge is 0.290 e. The van der Waals surface area contributed by atoms with Crippen LogP contribution in [0.5, 0.6) is 0 Å². The number of nitrogens with one attached hydrogen (secondary N) is 1. The second-order valence-electron chi connectivity index (χ2n) is 6.07. The highest BCUT2D eigenvalue weighted by molar-refractivity contribution is 7.98. The Kier molecular flexibility index (Phi) is 6.33. The average molecular weight is 376 g/mol. The number of nitrogens with zero attached hydrogens (tertiary/aromatic N) is 1. The van der Waals surface area contributed by atoms with Crippen molar-refractivity contribution in [2.45, 2.75) is 24.6 Å². The molecule has 1 aliphatic rings. The van der Waals surface area contributed by atoms with E-state index in [4.69, 9.17) is 4.42 Å². The Morgan fingerprint density at radius 1 is 1.27 bits per heavy atom. The molecule has 26 heavy (non-hydrogen) atoms.